The van der Waals surface area contributed by atoms with Gasteiger partial charge in [-0.05, 0) is 37.5 Å². The number of nitrogens with zero attached hydrogens (tertiary/aromatic N) is 2. The smallest absolute Gasteiger partial charge is 0.314 e. The fraction of sp³-hybridized carbons (Fsp3) is 0.867. The van der Waals surface area contributed by atoms with E-state index in [4.69, 9.17) is 5.73 Å². The molecule has 0 bridgehead atoms. The summed E-state index contributed by atoms with van der Waals surface area (Å²) in [5.74, 6) is 1.67. The second-order valence-electron chi connectivity index (χ2n) is 6.67. The monoisotopic (exact) mass is 279 g/mol. The highest BCUT2D eigenvalue weighted by Gasteiger charge is 2.39. The predicted octanol–water partition coefficient (Wildman–Crippen LogP) is 1.43. The van der Waals surface area contributed by atoms with Crippen LogP contribution in [0.4, 0.5) is 4.79 Å². The van der Waals surface area contributed by atoms with Crippen LogP contribution in [0.2, 0.25) is 0 Å². The van der Waals surface area contributed by atoms with Gasteiger partial charge in [0.25, 0.3) is 0 Å². The Morgan fingerprint density at radius 2 is 1.50 bits per heavy atom. The highest BCUT2D eigenvalue weighted by molar-refractivity contribution is 5.81. The summed E-state index contributed by atoms with van der Waals surface area (Å²) in [6.45, 7) is 3.09. The van der Waals surface area contributed by atoms with E-state index in [9.17, 15) is 9.59 Å². The first-order valence-electron chi connectivity index (χ1n) is 7.98. The van der Waals surface area contributed by atoms with Crippen molar-refractivity contribution in [3.8, 4) is 0 Å². The molecule has 2 heterocycles. The summed E-state index contributed by atoms with van der Waals surface area (Å²) in [5, 5.41) is 0. The molecule has 5 heteroatoms. The van der Waals surface area contributed by atoms with E-state index in [1.165, 1.54) is 25.7 Å². The standard InChI is InChI=1S/C15H25N3O2/c16-15(20)17-7-3-6-13(10-17)14(19)18-8-11-4-1-2-5-12(11)9-18/h11-13H,1-10H2,(H2,16,20)/t11-,12-,13-/m0/s1. The molecule has 3 fully saturated rings. The van der Waals surface area contributed by atoms with Gasteiger partial charge >= 0.3 is 6.03 Å². The Hall–Kier alpha value is -1.26. The highest BCUT2D eigenvalue weighted by atomic mass is 16.2. The van der Waals surface area contributed by atoms with Crippen molar-refractivity contribution in [2.75, 3.05) is 26.2 Å². The number of rotatable bonds is 1. The molecule has 112 valence electrons. The maximum absolute atomic E-state index is 12.7. The summed E-state index contributed by atoms with van der Waals surface area (Å²) in [6.07, 6.45) is 7.00. The van der Waals surface area contributed by atoms with Crippen LogP contribution in [0.15, 0.2) is 0 Å². The van der Waals surface area contributed by atoms with Crippen molar-refractivity contribution in [3.63, 3.8) is 0 Å². The van der Waals surface area contributed by atoms with Gasteiger partial charge in [0.15, 0.2) is 0 Å². The quantitative estimate of drug-likeness (QED) is 0.789. The number of likely N-dealkylation sites (tertiary alicyclic amines) is 2. The van der Waals surface area contributed by atoms with E-state index in [0.717, 1.165) is 37.8 Å². The number of amides is 3. The molecule has 3 atom stereocenters. The van der Waals surface area contributed by atoms with E-state index in [1.54, 1.807) is 4.90 Å². The molecule has 20 heavy (non-hydrogen) atoms. The first kappa shape index (κ1) is 13.7. The molecular formula is C15H25N3O2. The van der Waals surface area contributed by atoms with E-state index in [0.29, 0.717) is 13.1 Å². The molecule has 0 radical (unpaired) electrons. The van der Waals surface area contributed by atoms with E-state index < -0.39 is 6.03 Å². The van der Waals surface area contributed by atoms with Crippen molar-refractivity contribution >= 4 is 11.9 Å². The second-order valence-corrected chi connectivity index (χ2v) is 6.67. The Kier molecular flexibility index (Phi) is 3.85. The lowest BCUT2D eigenvalue weighted by atomic mass is 9.82. The lowest BCUT2D eigenvalue weighted by Gasteiger charge is -2.33. The predicted molar refractivity (Wildman–Crippen MR) is 75.9 cm³/mol. The zero-order chi connectivity index (χ0) is 14.1. The molecule has 2 N–H and O–H groups in total. The van der Waals surface area contributed by atoms with Gasteiger partial charge in [-0.3, -0.25) is 4.79 Å². The van der Waals surface area contributed by atoms with Gasteiger partial charge < -0.3 is 15.5 Å². The molecule has 2 saturated heterocycles. The average Bonchev–Trinajstić information content (AvgIpc) is 2.90. The zero-order valence-electron chi connectivity index (χ0n) is 12.1. The van der Waals surface area contributed by atoms with Crippen molar-refractivity contribution in [1.29, 1.82) is 0 Å². The largest absolute Gasteiger partial charge is 0.351 e. The van der Waals surface area contributed by atoms with Gasteiger partial charge in [0.05, 0.1) is 5.92 Å². The average molecular weight is 279 g/mol. The number of fused-ring (bicyclic) bond motifs is 1. The third kappa shape index (κ3) is 2.63. The molecule has 1 saturated carbocycles. The number of carbonyl (C=O) groups is 2. The highest BCUT2D eigenvalue weighted by Crippen LogP contribution is 2.37. The second kappa shape index (κ2) is 5.62. The molecule has 3 amide bonds. The number of urea groups is 1. The first-order chi connectivity index (χ1) is 9.65. The van der Waals surface area contributed by atoms with E-state index in [-0.39, 0.29) is 11.8 Å². The molecule has 2 aliphatic heterocycles. The van der Waals surface area contributed by atoms with Crippen molar-refractivity contribution in [2.45, 2.75) is 38.5 Å². The lowest BCUT2D eigenvalue weighted by Crippen LogP contribution is -2.48. The van der Waals surface area contributed by atoms with Crippen molar-refractivity contribution in [1.82, 2.24) is 9.80 Å². The Morgan fingerprint density at radius 3 is 2.10 bits per heavy atom. The zero-order valence-corrected chi connectivity index (χ0v) is 12.1. The van der Waals surface area contributed by atoms with E-state index in [1.807, 2.05) is 0 Å². The number of hydrogen-bond donors (Lipinski definition) is 1. The van der Waals surface area contributed by atoms with Gasteiger partial charge in [0, 0.05) is 26.2 Å². The summed E-state index contributed by atoms with van der Waals surface area (Å²) in [7, 11) is 0. The van der Waals surface area contributed by atoms with Gasteiger partial charge in [-0.15, -0.1) is 0 Å². The van der Waals surface area contributed by atoms with Gasteiger partial charge in [-0.1, -0.05) is 12.8 Å². The third-order valence-electron chi connectivity index (χ3n) is 5.37. The third-order valence-corrected chi connectivity index (χ3v) is 5.37. The topological polar surface area (TPSA) is 66.6 Å². The minimum absolute atomic E-state index is 0.0311. The van der Waals surface area contributed by atoms with Gasteiger partial charge in [0.1, 0.15) is 0 Å². The molecule has 0 spiro atoms. The molecule has 0 unspecified atom stereocenters. The fourth-order valence-corrected chi connectivity index (χ4v) is 4.22. The molecule has 0 aromatic carbocycles. The molecule has 5 nitrogen and oxygen atoms in total. The maximum Gasteiger partial charge on any atom is 0.314 e. The van der Waals surface area contributed by atoms with Crippen LogP contribution in [0.1, 0.15) is 38.5 Å². The van der Waals surface area contributed by atoms with Gasteiger partial charge in [-0.25, -0.2) is 4.79 Å². The lowest BCUT2D eigenvalue weighted by molar-refractivity contribution is -0.136. The summed E-state index contributed by atoms with van der Waals surface area (Å²) < 4.78 is 0. The normalized spacial score (nSPS) is 33.9. The minimum atomic E-state index is -0.391. The van der Waals surface area contributed by atoms with Crippen LogP contribution in [0.5, 0.6) is 0 Å². The van der Waals surface area contributed by atoms with Crippen molar-refractivity contribution in [3.05, 3.63) is 0 Å². The Balaban J connectivity index is 1.60. The van der Waals surface area contributed by atoms with Crippen LogP contribution in [0.3, 0.4) is 0 Å². The molecular weight excluding hydrogens is 254 g/mol. The summed E-state index contributed by atoms with van der Waals surface area (Å²) >= 11 is 0. The molecule has 3 rings (SSSR count). The van der Waals surface area contributed by atoms with Gasteiger partial charge in [0.2, 0.25) is 5.91 Å². The van der Waals surface area contributed by atoms with E-state index in [2.05, 4.69) is 4.90 Å². The summed E-state index contributed by atoms with van der Waals surface area (Å²) in [5.41, 5.74) is 5.34. The number of nitrogens with two attached hydrogens (primary N) is 1. The van der Waals surface area contributed by atoms with Crippen molar-refractivity contribution < 1.29 is 9.59 Å². The first-order valence-corrected chi connectivity index (χ1v) is 7.98. The summed E-state index contributed by atoms with van der Waals surface area (Å²) in [4.78, 5) is 27.6. The maximum atomic E-state index is 12.7. The number of piperidine rings is 1. The minimum Gasteiger partial charge on any atom is -0.351 e. The van der Waals surface area contributed by atoms with Gasteiger partial charge in [-0.2, -0.15) is 0 Å². The van der Waals surface area contributed by atoms with Crippen LogP contribution in [0, 0.1) is 17.8 Å². The number of primary amides is 1. The van der Waals surface area contributed by atoms with Crippen LogP contribution in [-0.4, -0.2) is 47.9 Å². The van der Waals surface area contributed by atoms with Crippen LogP contribution in [-0.2, 0) is 4.79 Å². The van der Waals surface area contributed by atoms with Crippen LogP contribution in [0.25, 0.3) is 0 Å². The Morgan fingerprint density at radius 1 is 0.850 bits per heavy atom. The molecule has 0 aromatic heterocycles. The SMILES string of the molecule is NC(=O)N1CCC[C@H](C(=O)N2C[C@@H]3CCCC[C@H]3C2)C1. The van der Waals surface area contributed by atoms with E-state index >= 15 is 0 Å². The number of hydrogen-bond acceptors (Lipinski definition) is 2. The Bertz CT molecular complexity index is 385. The summed E-state index contributed by atoms with van der Waals surface area (Å²) in [6, 6.07) is -0.391. The van der Waals surface area contributed by atoms with Crippen LogP contribution >= 0.6 is 0 Å². The molecule has 3 aliphatic rings. The Labute approximate surface area is 120 Å². The van der Waals surface area contributed by atoms with Crippen molar-refractivity contribution in [2.24, 2.45) is 23.5 Å². The molecule has 0 aromatic rings. The number of carbonyl (C=O) groups excluding carboxylic acids is 2. The molecule has 1 aliphatic carbocycles. The van der Waals surface area contributed by atoms with Crippen LogP contribution < -0.4 is 5.73 Å². The fourth-order valence-electron chi connectivity index (χ4n) is 4.22.